The first-order valence-electron chi connectivity index (χ1n) is 8.35. The topological polar surface area (TPSA) is 138 Å². The number of aromatic amines is 1. The SMILES string of the molecule is NC(N)=NCCC[C@H]1NC(=O)C(Cc2c[nH]c3cc(Br)ccc23)NC1=O. The molecule has 1 unspecified atom stereocenters. The fourth-order valence-electron chi connectivity index (χ4n) is 3.07. The maximum Gasteiger partial charge on any atom is 0.243 e. The van der Waals surface area contributed by atoms with Crippen molar-refractivity contribution in [2.45, 2.75) is 31.3 Å². The van der Waals surface area contributed by atoms with Gasteiger partial charge in [-0.25, -0.2) is 0 Å². The van der Waals surface area contributed by atoms with Crippen LogP contribution in [-0.2, 0) is 16.0 Å². The third kappa shape index (κ3) is 4.16. The number of fused-ring (bicyclic) bond motifs is 1. The summed E-state index contributed by atoms with van der Waals surface area (Å²) in [5, 5.41) is 6.65. The van der Waals surface area contributed by atoms with Crippen LogP contribution in [0.2, 0.25) is 0 Å². The Morgan fingerprint density at radius 3 is 2.65 bits per heavy atom. The number of piperazine rings is 1. The normalized spacial score (nSPS) is 19.9. The lowest BCUT2D eigenvalue weighted by Crippen LogP contribution is -2.62. The average Bonchev–Trinajstić information content (AvgIpc) is 2.97. The Balaban J connectivity index is 1.61. The zero-order valence-corrected chi connectivity index (χ0v) is 15.7. The molecule has 2 atom stereocenters. The number of rotatable bonds is 6. The highest BCUT2D eigenvalue weighted by Crippen LogP contribution is 2.23. The van der Waals surface area contributed by atoms with E-state index < -0.39 is 12.1 Å². The molecule has 26 heavy (non-hydrogen) atoms. The second-order valence-corrected chi connectivity index (χ2v) is 7.19. The van der Waals surface area contributed by atoms with E-state index in [1.807, 2.05) is 24.4 Å². The van der Waals surface area contributed by atoms with Gasteiger partial charge in [-0.15, -0.1) is 0 Å². The van der Waals surface area contributed by atoms with Gasteiger partial charge in [0.15, 0.2) is 5.96 Å². The molecule has 1 aliphatic rings. The van der Waals surface area contributed by atoms with Gasteiger partial charge in [0.1, 0.15) is 12.1 Å². The monoisotopic (exact) mass is 420 g/mol. The number of carbonyl (C=O) groups is 2. The number of nitrogens with one attached hydrogen (secondary N) is 3. The van der Waals surface area contributed by atoms with E-state index in [2.05, 4.69) is 36.5 Å². The van der Waals surface area contributed by atoms with Gasteiger partial charge in [-0.1, -0.05) is 22.0 Å². The molecule has 1 aliphatic heterocycles. The highest BCUT2D eigenvalue weighted by Gasteiger charge is 2.33. The summed E-state index contributed by atoms with van der Waals surface area (Å²) >= 11 is 3.43. The molecule has 0 spiro atoms. The Bertz CT molecular complexity index is 858. The third-order valence-electron chi connectivity index (χ3n) is 4.36. The minimum atomic E-state index is -0.584. The number of aromatic nitrogens is 1. The molecule has 7 N–H and O–H groups in total. The summed E-state index contributed by atoms with van der Waals surface area (Å²) < 4.78 is 0.977. The van der Waals surface area contributed by atoms with Crippen LogP contribution in [0.3, 0.4) is 0 Å². The molecular formula is C17H21BrN6O2. The van der Waals surface area contributed by atoms with E-state index in [0.29, 0.717) is 25.8 Å². The van der Waals surface area contributed by atoms with Crippen LogP contribution in [0.1, 0.15) is 18.4 Å². The number of carbonyl (C=O) groups excluding carboxylic acids is 2. The number of hydrogen-bond acceptors (Lipinski definition) is 3. The van der Waals surface area contributed by atoms with E-state index in [-0.39, 0.29) is 17.8 Å². The van der Waals surface area contributed by atoms with Gasteiger partial charge in [0.2, 0.25) is 11.8 Å². The summed E-state index contributed by atoms with van der Waals surface area (Å²) in [5.41, 5.74) is 12.5. The molecule has 1 aromatic carbocycles. The van der Waals surface area contributed by atoms with Crippen LogP contribution >= 0.6 is 15.9 Å². The summed E-state index contributed by atoms with van der Waals surface area (Å²) in [6.45, 7) is 0.427. The van der Waals surface area contributed by atoms with Crippen molar-refractivity contribution in [2.24, 2.45) is 16.5 Å². The van der Waals surface area contributed by atoms with E-state index in [0.717, 1.165) is 20.9 Å². The molecule has 0 radical (unpaired) electrons. The number of nitrogens with two attached hydrogens (primary N) is 2. The zero-order chi connectivity index (χ0) is 18.7. The minimum Gasteiger partial charge on any atom is -0.370 e. The fourth-order valence-corrected chi connectivity index (χ4v) is 3.43. The maximum atomic E-state index is 12.4. The maximum absolute atomic E-state index is 12.4. The van der Waals surface area contributed by atoms with Crippen LogP contribution in [-0.4, -0.2) is 41.4 Å². The molecule has 9 heteroatoms. The number of hydrogen-bond donors (Lipinski definition) is 5. The molecule has 138 valence electrons. The Hall–Kier alpha value is -2.55. The molecule has 2 aromatic rings. The van der Waals surface area contributed by atoms with E-state index in [1.165, 1.54) is 0 Å². The number of aliphatic imine (C=N–C) groups is 1. The fraction of sp³-hybridized carbons (Fsp3) is 0.353. The van der Waals surface area contributed by atoms with Crippen molar-refractivity contribution in [3.63, 3.8) is 0 Å². The largest absolute Gasteiger partial charge is 0.370 e. The molecule has 1 fully saturated rings. The number of nitrogens with zero attached hydrogens (tertiary/aromatic N) is 1. The molecule has 0 saturated carbocycles. The van der Waals surface area contributed by atoms with Gasteiger partial charge >= 0.3 is 0 Å². The lowest BCUT2D eigenvalue weighted by Gasteiger charge is -2.29. The molecule has 0 aliphatic carbocycles. The van der Waals surface area contributed by atoms with Gasteiger partial charge in [0.25, 0.3) is 0 Å². The number of halogens is 1. The second kappa shape index (κ2) is 7.77. The number of guanidine groups is 1. The standard InChI is InChI=1S/C17H21BrN6O2/c18-10-3-4-11-9(8-22-13(11)7-10)6-14-16(26)23-12(15(25)24-14)2-1-5-21-17(19)20/h3-4,7-8,12,14,22H,1-2,5-6H2,(H,23,26)(H,24,25)(H4,19,20,21)/t12-,14?/m1/s1. The highest BCUT2D eigenvalue weighted by atomic mass is 79.9. The van der Waals surface area contributed by atoms with E-state index in [4.69, 9.17) is 11.5 Å². The predicted octanol–water partition coefficient (Wildman–Crippen LogP) is 0.510. The number of amides is 2. The van der Waals surface area contributed by atoms with Gasteiger partial charge in [-0.3, -0.25) is 14.6 Å². The number of benzene rings is 1. The summed E-state index contributed by atoms with van der Waals surface area (Å²) in [7, 11) is 0. The minimum absolute atomic E-state index is 0.0213. The van der Waals surface area contributed by atoms with Crippen molar-refractivity contribution in [2.75, 3.05) is 6.54 Å². The third-order valence-corrected chi connectivity index (χ3v) is 4.86. The molecule has 2 heterocycles. The van der Waals surface area contributed by atoms with Gasteiger partial charge in [-0.05, 0) is 30.5 Å². The lowest BCUT2D eigenvalue weighted by molar-refractivity contribution is -0.136. The van der Waals surface area contributed by atoms with Crippen molar-refractivity contribution in [3.8, 4) is 0 Å². The quantitative estimate of drug-likeness (QED) is 0.264. The Kier molecular flexibility index (Phi) is 5.46. The molecule has 1 saturated heterocycles. The molecule has 0 bridgehead atoms. The summed E-state index contributed by atoms with van der Waals surface area (Å²) in [6, 6.07) is 4.78. The summed E-state index contributed by atoms with van der Waals surface area (Å²) in [6.07, 6.45) is 3.40. The molecule has 2 amide bonds. The first-order valence-corrected chi connectivity index (χ1v) is 9.15. The van der Waals surface area contributed by atoms with Crippen molar-refractivity contribution < 1.29 is 9.59 Å². The Morgan fingerprint density at radius 1 is 1.15 bits per heavy atom. The first-order chi connectivity index (χ1) is 12.4. The zero-order valence-electron chi connectivity index (χ0n) is 14.1. The van der Waals surface area contributed by atoms with E-state index in [9.17, 15) is 9.59 Å². The lowest BCUT2D eigenvalue weighted by atomic mass is 10.00. The van der Waals surface area contributed by atoms with Crippen LogP contribution < -0.4 is 22.1 Å². The van der Waals surface area contributed by atoms with Gasteiger partial charge < -0.3 is 27.1 Å². The van der Waals surface area contributed by atoms with Gasteiger partial charge in [0.05, 0.1) is 0 Å². The van der Waals surface area contributed by atoms with Crippen LogP contribution in [0.4, 0.5) is 0 Å². The van der Waals surface area contributed by atoms with Crippen LogP contribution in [0.15, 0.2) is 33.9 Å². The van der Waals surface area contributed by atoms with Crippen molar-refractivity contribution in [3.05, 3.63) is 34.4 Å². The van der Waals surface area contributed by atoms with Gasteiger partial charge in [0, 0.05) is 34.5 Å². The molecule has 8 nitrogen and oxygen atoms in total. The molecular weight excluding hydrogens is 400 g/mol. The highest BCUT2D eigenvalue weighted by molar-refractivity contribution is 9.10. The summed E-state index contributed by atoms with van der Waals surface area (Å²) in [5.74, 6) is -0.335. The molecule has 1 aromatic heterocycles. The predicted molar refractivity (Wildman–Crippen MR) is 103 cm³/mol. The van der Waals surface area contributed by atoms with Crippen LogP contribution in [0.5, 0.6) is 0 Å². The van der Waals surface area contributed by atoms with Gasteiger partial charge in [-0.2, -0.15) is 0 Å². The van der Waals surface area contributed by atoms with Crippen LogP contribution in [0.25, 0.3) is 10.9 Å². The Labute approximate surface area is 158 Å². The van der Waals surface area contributed by atoms with Crippen molar-refractivity contribution in [1.29, 1.82) is 0 Å². The molecule has 3 rings (SSSR count). The first kappa shape index (κ1) is 18.2. The van der Waals surface area contributed by atoms with E-state index >= 15 is 0 Å². The smallest absolute Gasteiger partial charge is 0.243 e. The van der Waals surface area contributed by atoms with E-state index in [1.54, 1.807) is 0 Å². The van der Waals surface area contributed by atoms with Crippen molar-refractivity contribution >= 4 is 44.6 Å². The average molecular weight is 421 g/mol. The number of H-pyrrole nitrogens is 1. The Morgan fingerprint density at radius 2 is 1.88 bits per heavy atom. The second-order valence-electron chi connectivity index (χ2n) is 6.28. The van der Waals surface area contributed by atoms with Crippen LogP contribution in [0, 0.1) is 0 Å². The van der Waals surface area contributed by atoms with Crippen molar-refractivity contribution in [1.82, 2.24) is 15.6 Å². The summed E-state index contributed by atoms with van der Waals surface area (Å²) in [4.78, 5) is 31.8.